The summed E-state index contributed by atoms with van der Waals surface area (Å²) in [6.45, 7) is 0.937. The number of nitrogens with one attached hydrogen (secondary N) is 2. The Morgan fingerprint density at radius 3 is 2.70 bits per heavy atom. The summed E-state index contributed by atoms with van der Waals surface area (Å²) in [5.41, 5.74) is 2.12. The highest BCUT2D eigenvalue weighted by Gasteiger charge is 2.16. The molecule has 4 rings (SSSR count). The van der Waals surface area contributed by atoms with Crippen molar-refractivity contribution in [3.63, 3.8) is 0 Å². The van der Waals surface area contributed by atoms with Gasteiger partial charge in [-0.2, -0.15) is 0 Å². The number of ether oxygens (including phenoxy) is 2. The van der Waals surface area contributed by atoms with Crippen LogP contribution in [0.4, 0.5) is 0 Å². The summed E-state index contributed by atoms with van der Waals surface area (Å²) in [5.74, 6) is 1.42. The molecule has 0 bridgehead atoms. The van der Waals surface area contributed by atoms with Crippen LogP contribution in [0.5, 0.6) is 11.5 Å². The van der Waals surface area contributed by atoms with E-state index in [0.717, 1.165) is 22.6 Å². The molecule has 2 N–H and O–H groups in total. The first-order valence-corrected chi connectivity index (χ1v) is 9.64. The highest BCUT2D eigenvalue weighted by Crippen LogP contribution is 2.32. The molecule has 1 aromatic heterocycles. The van der Waals surface area contributed by atoms with Crippen molar-refractivity contribution < 1.29 is 14.3 Å². The predicted octanol–water partition coefficient (Wildman–Crippen LogP) is 3.47. The van der Waals surface area contributed by atoms with Gasteiger partial charge in [-0.15, -0.1) is 11.3 Å². The maximum absolute atomic E-state index is 12.3. The fourth-order valence-electron chi connectivity index (χ4n) is 2.99. The minimum atomic E-state index is -0.0508. The van der Waals surface area contributed by atoms with Gasteiger partial charge in [-0.3, -0.25) is 10.1 Å². The molecular weight excluding hydrogens is 360 g/mol. The SMILES string of the molecule is O=C(CN[C@H](c1ccccc1)c1cccs1)NCc1ccc2c(c1)OCO2. The fourth-order valence-corrected chi connectivity index (χ4v) is 3.82. The summed E-state index contributed by atoms with van der Waals surface area (Å²) in [7, 11) is 0. The largest absolute Gasteiger partial charge is 0.454 e. The fraction of sp³-hybridized carbons (Fsp3) is 0.190. The average molecular weight is 380 g/mol. The quantitative estimate of drug-likeness (QED) is 0.659. The first-order chi connectivity index (χ1) is 13.3. The zero-order chi connectivity index (χ0) is 18.5. The minimum Gasteiger partial charge on any atom is -0.454 e. The summed E-state index contributed by atoms with van der Waals surface area (Å²) in [5, 5.41) is 8.37. The first kappa shape index (κ1) is 17.6. The highest BCUT2D eigenvalue weighted by atomic mass is 32.1. The van der Waals surface area contributed by atoms with Crippen LogP contribution in [0.15, 0.2) is 66.0 Å². The third-order valence-corrected chi connectivity index (χ3v) is 5.29. The van der Waals surface area contributed by atoms with Crippen molar-refractivity contribution in [1.29, 1.82) is 0 Å². The van der Waals surface area contributed by atoms with Crippen molar-refractivity contribution in [2.75, 3.05) is 13.3 Å². The smallest absolute Gasteiger partial charge is 0.234 e. The van der Waals surface area contributed by atoms with Crippen molar-refractivity contribution in [3.8, 4) is 11.5 Å². The average Bonchev–Trinajstić information content (AvgIpc) is 3.39. The van der Waals surface area contributed by atoms with Crippen LogP contribution in [0.2, 0.25) is 0 Å². The molecule has 1 amide bonds. The Balaban J connectivity index is 1.34. The number of hydrogen-bond acceptors (Lipinski definition) is 5. The summed E-state index contributed by atoms with van der Waals surface area (Å²) < 4.78 is 10.7. The van der Waals surface area contributed by atoms with Gasteiger partial charge in [0.05, 0.1) is 12.6 Å². The lowest BCUT2D eigenvalue weighted by atomic mass is 10.1. The summed E-state index contributed by atoms with van der Waals surface area (Å²) in [6, 6.07) is 20.0. The van der Waals surface area contributed by atoms with E-state index in [1.807, 2.05) is 47.8 Å². The molecule has 1 atom stereocenters. The zero-order valence-electron chi connectivity index (χ0n) is 14.7. The van der Waals surface area contributed by atoms with E-state index >= 15 is 0 Å². The third-order valence-electron chi connectivity index (χ3n) is 4.35. The van der Waals surface area contributed by atoms with Gasteiger partial charge < -0.3 is 14.8 Å². The van der Waals surface area contributed by atoms with Gasteiger partial charge in [0.1, 0.15) is 0 Å². The molecule has 0 fully saturated rings. The molecule has 2 heterocycles. The van der Waals surface area contributed by atoms with Crippen molar-refractivity contribution in [3.05, 3.63) is 82.0 Å². The third kappa shape index (κ3) is 4.30. The van der Waals surface area contributed by atoms with Gasteiger partial charge in [0.2, 0.25) is 12.7 Å². The zero-order valence-corrected chi connectivity index (χ0v) is 15.5. The predicted molar refractivity (Wildman–Crippen MR) is 105 cm³/mol. The lowest BCUT2D eigenvalue weighted by molar-refractivity contribution is -0.120. The molecule has 0 saturated heterocycles. The van der Waals surface area contributed by atoms with Crippen molar-refractivity contribution in [2.45, 2.75) is 12.6 Å². The van der Waals surface area contributed by atoms with E-state index in [1.54, 1.807) is 11.3 Å². The molecule has 1 aliphatic heterocycles. The standard InChI is InChI=1S/C21H20N2O3S/c24-20(22-12-15-8-9-17-18(11-15)26-14-25-17)13-23-21(19-7-4-10-27-19)16-5-2-1-3-6-16/h1-11,21,23H,12-14H2,(H,22,24)/t21-/m1/s1. The number of amides is 1. The van der Waals surface area contributed by atoms with Gasteiger partial charge in [-0.25, -0.2) is 0 Å². The normalized spacial score (nSPS) is 13.3. The molecule has 0 unspecified atom stereocenters. The van der Waals surface area contributed by atoms with Crippen molar-refractivity contribution in [2.24, 2.45) is 0 Å². The minimum absolute atomic E-state index is 0.00231. The molecule has 0 saturated carbocycles. The van der Waals surface area contributed by atoms with Crippen LogP contribution in [-0.2, 0) is 11.3 Å². The molecule has 1 aliphatic rings. The van der Waals surface area contributed by atoms with Crippen LogP contribution < -0.4 is 20.1 Å². The van der Waals surface area contributed by atoms with Gasteiger partial charge >= 0.3 is 0 Å². The maximum Gasteiger partial charge on any atom is 0.234 e. The summed E-state index contributed by atoms with van der Waals surface area (Å²) >= 11 is 1.68. The number of carbonyl (C=O) groups is 1. The number of benzene rings is 2. The lowest BCUT2D eigenvalue weighted by Crippen LogP contribution is -2.35. The van der Waals surface area contributed by atoms with Crippen LogP contribution in [0.3, 0.4) is 0 Å². The number of rotatable bonds is 7. The van der Waals surface area contributed by atoms with E-state index in [-0.39, 0.29) is 25.3 Å². The van der Waals surface area contributed by atoms with Crippen LogP contribution in [0.1, 0.15) is 22.0 Å². The maximum atomic E-state index is 12.3. The van der Waals surface area contributed by atoms with Gasteiger partial charge in [-0.1, -0.05) is 42.5 Å². The Kier molecular flexibility index (Phi) is 5.37. The Labute approximate surface area is 161 Å². The Morgan fingerprint density at radius 2 is 1.89 bits per heavy atom. The van der Waals surface area contributed by atoms with Gasteiger partial charge in [0, 0.05) is 11.4 Å². The first-order valence-electron chi connectivity index (χ1n) is 8.76. The van der Waals surface area contributed by atoms with E-state index < -0.39 is 0 Å². The molecule has 6 heteroatoms. The number of carbonyl (C=O) groups excluding carboxylic acids is 1. The van der Waals surface area contributed by atoms with E-state index in [9.17, 15) is 4.79 Å². The Hall–Kier alpha value is -2.83. The second-order valence-corrected chi connectivity index (χ2v) is 7.18. The van der Waals surface area contributed by atoms with Crippen molar-refractivity contribution in [1.82, 2.24) is 10.6 Å². The lowest BCUT2D eigenvalue weighted by Gasteiger charge is -2.18. The van der Waals surface area contributed by atoms with E-state index in [0.29, 0.717) is 6.54 Å². The van der Waals surface area contributed by atoms with Crippen molar-refractivity contribution >= 4 is 17.2 Å². The molecule has 27 heavy (non-hydrogen) atoms. The molecule has 138 valence electrons. The Bertz CT molecular complexity index is 897. The second-order valence-electron chi connectivity index (χ2n) is 6.20. The summed E-state index contributed by atoms with van der Waals surface area (Å²) in [6.07, 6.45) is 0. The molecular formula is C21H20N2O3S. The van der Waals surface area contributed by atoms with Crippen LogP contribution >= 0.6 is 11.3 Å². The number of fused-ring (bicyclic) bond motifs is 1. The molecule has 3 aromatic rings. The topological polar surface area (TPSA) is 59.6 Å². The van der Waals surface area contributed by atoms with Crippen LogP contribution in [0, 0.1) is 0 Å². The van der Waals surface area contributed by atoms with E-state index in [1.165, 1.54) is 4.88 Å². The van der Waals surface area contributed by atoms with E-state index in [2.05, 4.69) is 28.8 Å². The van der Waals surface area contributed by atoms with Crippen LogP contribution in [-0.4, -0.2) is 19.2 Å². The van der Waals surface area contributed by atoms with Gasteiger partial charge in [-0.05, 0) is 34.7 Å². The van der Waals surface area contributed by atoms with Gasteiger partial charge in [0.15, 0.2) is 11.5 Å². The van der Waals surface area contributed by atoms with E-state index in [4.69, 9.17) is 9.47 Å². The monoisotopic (exact) mass is 380 g/mol. The molecule has 2 aromatic carbocycles. The van der Waals surface area contributed by atoms with Gasteiger partial charge in [0.25, 0.3) is 0 Å². The molecule has 0 radical (unpaired) electrons. The summed E-state index contributed by atoms with van der Waals surface area (Å²) in [4.78, 5) is 13.5. The molecule has 0 aliphatic carbocycles. The number of hydrogen-bond donors (Lipinski definition) is 2. The Morgan fingerprint density at radius 1 is 1.04 bits per heavy atom. The van der Waals surface area contributed by atoms with Crippen LogP contribution in [0.25, 0.3) is 0 Å². The number of thiophene rings is 1. The highest BCUT2D eigenvalue weighted by molar-refractivity contribution is 7.10. The molecule has 0 spiro atoms. The second kappa shape index (κ2) is 8.24. The molecule has 5 nitrogen and oxygen atoms in total.